The van der Waals surface area contributed by atoms with E-state index < -0.39 is 24.0 Å². The molecule has 6 aromatic rings. The Morgan fingerprint density at radius 3 is 1.35 bits per heavy atom. The maximum atomic E-state index is 11.4. The number of ether oxygens (including phenoxy) is 2. The predicted molar refractivity (Wildman–Crippen MR) is 247 cm³/mol. The number of carboxylic acid groups (broad SMARTS) is 2. The van der Waals surface area contributed by atoms with E-state index in [1.807, 2.05) is 24.5 Å². The smallest absolute Gasteiger partial charge is 0.316 e. The highest BCUT2D eigenvalue weighted by Crippen LogP contribution is 2.25. The monoisotopic (exact) mass is 919 g/mol. The number of methoxy groups -OCH3 is 2. The molecule has 0 aliphatic heterocycles. The summed E-state index contributed by atoms with van der Waals surface area (Å²) in [6, 6.07) is 13.9. The van der Waals surface area contributed by atoms with Crippen molar-refractivity contribution in [1.82, 2.24) is 49.5 Å². The Labute approximate surface area is 391 Å². The molecular formula is C48H58ClN11O6. The maximum absolute atomic E-state index is 11.4. The molecule has 0 saturated carbocycles. The number of pyridine rings is 2. The molecule has 2 N–H and O–H groups in total. The highest BCUT2D eigenvalue weighted by molar-refractivity contribution is 5.85. The number of carboxylic acids is 2. The Morgan fingerprint density at radius 1 is 0.621 bits per heavy atom. The third-order valence-electron chi connectivity index (χ3n) is 11.3. The third-order valence-corrected chi connectivity index (χ3v) is 11.3. The van der Waals surface area contributed by atoms with Gasteiger partial charge in [-0.2, -0.15) is 15.5 Å². The molecule has 2 aliphatic carbocycles. The van der Waals surface area contributed by atoms with E-state index in [-0.39, 0.29) is 37.3 Å². The van der Waals surface area contributed by atoms with Gasteiger partial charge < -0.3 is 19.7 Å². The number of hydrogen-bond donors (Lipinski definition) is 2. The van der Waals surface area contributed by atoms with Crippen molar-refractivity contribution in [2.45, 2.75) is 122 Å². The number of fused-ring (bicyclic) bond motifs is 2. The third kappa shape index (κ3) is 14.6. The van der Waals surface area contributed by atoms with Gasteiger partial charge in [0.1, 0.15) is 0 Å². The van der Waals surface area contributed by atoms with Crippen LogP contribution in [0.5, 0.6) is 12.0 Å². The molecule has 66 heavy (non-hydrogen) atoms. The van der Waals surface area contributed by atoms with Gasteiger partial charge in [-0.3, -0.25) is 28.9 Å². The molecule has 0 unspecified atom stereocenters. The molecule has 18 heteroatoms. The van der Waals surface area contributed by atoms with Crippen molar-refractivity contribution < 1.29 is 29.3 Å². The lowest BCUT2D eigenvalue weighted by Crippen LogP contribution is -2.16. The quantitative estimate of drug-likeness (QED) is 0.0859. The van der Waals surface area contributed by atoms with Gasteiger partial charge >= 0.3 is 24.0 Å². The summed E-state index contributed by atoms with van der Waals surface area (Å²) in [5.74, 6) is -1.81. The molecule has 0 spiro atoms. The van der Waals surface area contributed by atoms with Crippen molar-refractivity contribution in [3.8, 4) is 18.1 Å². The van der Waals surface area contributed by atoms with Gasteiger partial charge in [-0.15, -0.1) is 12.4 Å². The minimum Gasteiger partial charge on any atom is -0.481 e. The van der Waals surface area contributed by atoms with Gasteiger partial charge in [0.2, 0.25) is 0 Å². The zero-order valence-corrected chi connectivity index (χ0v) is 38.6. The van der Waals surface area contributed by atoms with Crippen LogP contribution in [-0.4, -0.2) is 85.8 Å². The van der Waals surface area contributed by atoms with Crippen LogP contribution < -0.4 is 9.47 Å². The number of nitrogens with zero attached hydrogens (tertiary/aromatic N) is 11. The Morgan fingerprint density at radius 2 is 0.985 bits per heavy atom. The largest absolute Gasteiger partial charge is 0.481 e. The van der Waals surface area contributed by atoms with Crippen molar-refractivity contribution in [1.29, 1.82) is 5.26 Å². The molecule has 17 nitrogen and oxygen atoms in total. The Kier molecular flexibility index (Phi) is 19.5. The lowest BCUT2D eigenvalue weighted by Gasteiger charge is -2.16. The Bertz CT molecular complexity index is 2340. The summed E-state index contributed by atoms with van der Waals surface area (Å²) in [7, 11) is 2.98. The molecule has 8 rings (SSSR count). The van der Waals surface area contributed by atoms with E-state index in [4.69, 9.17) is 24.7 Å². The number of hydrogen-bond acceptors (Lipinski definition) is 13. The first-order chi connectivity index (χ1) is 31.7. The molecule has 6 heterocycles. The maximum Gasteiger partial charge on any atom is 0.316 e. The van der Waals surface area contributed by atoms with Gasteiger partial charge in [0, 0.05) is 78.0 Å². The minimum absolute atomic E-state index is 0. The van der Waals surface area contributed by atoms with Crippen LogP contribution in [0.1, 0.15) is 127 Å². The number of nitriles is 1. The summed E-state index contributed by atoms with van der Waals surface area (Å²) in [6.07, 6.45) is 24.6. The summed E-state index contributed by atoms with van der Waals surface area (Å²) in [5.41, 5.74) is 10.8. The van der Waals surface area contributed by atoms with E-state index in [1.54, 1.807) is 40.2 Å². The average molecular weight is 921 g/mol. The van der Waals surface area contributed by atoms with Crippen molar-refractivity contribution in [3.05, 3.63) is 130 Å². The summed E-state index contributed by atoms with van der Waals surface area (Å²) in [4.78, 5) is 48.9. The van der Waals surface area contributed by atoms with E-state index >= 15 is 0 Å². The number of halogens is 1. The fourth-order valence-corrected chi connectivity index (χ4v) is 8.07. The number of aliphatic carboxylic acids is 2. The highest BCUT2D eigenvalue weighted by atomic mass is 35.5. The van der Waals surface area contributed by atoms with Gasteiger partial charge in [-0.25, -0.2) is 19.9 Å². The van der Waals surface area contributed by atoms with Crippen molar-refractivity contribution in [2.24, 2.45) is 0 Å². The van der Waals surface area contributed by atoms with Crippen LogP contribution in [-0.2, 0) is 61.0 Å². The first-order valence-corrected chi connectivity index (χ1v) is 22.2. The van der Waals surface area contributed by atoms with Crippen LogP contribution in [0.3, 0.4) is 0 Å². The highest BCUT2D eigenvalue weighted by Gasteiger charge is 2.22. The Hall–Kier alpha value is -6.80. The molecule has 0 radical (unpaired) electrons. The van der Waals surface area contributed by atoms with Crippen molar-refractivity contribution in [3.63, 3.8) is 0 Å². The molecule has 0 saturated heterocycles. The zero-order valence-electron chi connectivity index (χ0n) is 37.8. The molecule has 348 valence electrons. The molecule has 0 fully saturated rings. The van der Waals surface area contributed by atoms with E-state index in [0.29, 0.717) is 11.1 Å². The van der Waals surface area contributed by atoms with Crippen LogP contribution >= 0.6 is 12.4 Å². The molecular weight excluding hydrogens is 862 g/mol. The summed E-state index contributed by atoms with van der Waals surface area (Å²) in [5, 5.41) is 35.3. The number of carbonyl (C=O) groups is 2. The second-order valence-corrected chi connectivity index (χ2v) is 16.0. The first kappa shape index (κ1) is 50.2. The number of rotatable bonds is 18. The second-order valence-electron chi connectivity index (χ2n) is 16.0. The van der Waals surface area contributed by atoms with E-state index in [1.165, 1.54) is 69.3 Å². The first-order valence-electron chi connectivity index (χ1n) is 22.2. The normalized spacial score (nSPS) is 13.4. The second kappa shape index (κ2) is 25.6. The van der Waals surface area contributed by atoms with Gasteiger partial charge in [-0.1, -0.05) is 12.1 Å². The van der Waals surface area contributed by atoms with Crippen LogP contribution in [0, 0.1) is 11.3 Å². The van der Waals surface area contributed by atoms with Crippen LogP contribution in [0.15, 0.2) is 73.6 Å². The number of aromatic nitrogens is 10. The van der Waals surface area contributed by atoms with Crippen LogP contribution in [0.25, 0.3) is 0 Å². The lowest BCUT2D eigenvalue weighted by atomic mass is 9.95. The standard InChI is InChI=1S/2C23H27N5O3.C2H3N.ClH/c2*1-31-23-24-14-17(15-25-23)21(13-22(29)30)28-12-11-19(27-28)7-4-6-18-10-9-16-5-2-3-8-20(16)26-18;1-2-3;/h2*9-12,14-15,21H,2-8,13H2,1H3,(H,29,30);1H3;1H/t2*21-;;/m00../s1. The summed E-state index contributed by atoms with van der Waals surface area (Å²) >= 11 is 0. The van der Waals surface area contributed by atoms with E-state index in [2.05, 4.69) is 54.4 Å². The predicted octanol–water partition coefficient (Wildman–Crippen LogP) is 7.34. The fraction of sp³-hybridized carbons (Fsp3) is 0.438. The van der Waals surface area contributed by atoms with Crippen LogP contribution in [0.2, 0.25) is 0 Å². The Balaban J connectivity index is 0.000000230. The van der Waals surface area contributed by atoms with Gasteiger partial charge in [0.05, 0.1) is 56.6 Å². The van der Waals surface area contributed by atoms with E-state index in [0.717, 1.165) is 87.0 Å². The fourth-order valence-electron chi connectivity index (χ4n) is 8.07. The minimum atomic E-state index is -0.906. The van der Waals surface area contributed by atoms with Gasteiger partial charge in [0.25, 0.3) is 0 Å². The van der Waals surface area contributed by atoms with Crippen molar-refractivity contribution >= 4 is 24.3 Å². The van der Waals surface area contributed by atoms with Crippen LogP contribution in [0.4, 0.5) is 0 Å². The summed E-state index contributed by atoms with van der Waals surface area (Å²) < 4.78 is 13.3. The molecule has 0 aromatic carbocycles. The van der Waals surface area contributed by atoms with E-state index in [9.17, 15) is 19.8 Å². The lowest BCUT2D eigenvalue weighted by molar-refractivity contribution is -0.138. The molecule has 0 bridgehead atoms. The topological polar surface area (TPSA) is 230 Å². The van der Waals surface area contributed by atoms with Gasteiger partial charge in [0.15, 0.2) is 0 Å². The van der Waals surface area contributed by atoms with Gasteiger partial charge in [-0.05, 0) is 125 Å². The SMILES string of the molecule is CC#N.COc1ncc([C@H](CC(=O)O)n2ccc(CCCc3ccc4c(n3)CCCC4)n2)cn1.COc1ncc([C@H](CC(=O)O)n2ccc(CCCc3ccc4c(n3)CCCC4)n2)cn1.Cl. The number of aryl methyl sites for hydroxylation is 8. The molecule has 6 aromatic heterocycles. The molecule has 2 aliphatic rings. The molecule has 0 amide bonds. The zero-order chi connectivity index (χ0) is 46.0. The van der Waals surface area contributed by atoms with Crippen molar-refractivity contribution in [2.75, 3.05) is 14.2 Å². The average Bonchev–Trinajstić information content (AvgIpc) is 4.01. The molecule has 2 atom stereocenters. The summed E-state index contributed by atoms with van der Waals surface area (Å²) in [6.45, 7) is 1.43.